The van der Waals surface area contributed by atoms with Gasteiger partial charge in [-0.2, -0.15) is 5.26 Å². The molecule has 2 aliphatic rings. The molecule has 2 saturated carbocycles. The second-order valence-corrected chi connectivity index (χ2v) is 9.98. The van der Waals surface area contributed by atoms with Gasteiger partial charge in [-0.05, 0) is 99.2 Å². The third kappa shape index (κ3) is 7.16. The molecule has 0 spiro atoms. The van der Waals surface area contributed by atoms with Gasteiger partial charge in [-0.25, -0.2) is 8.78 Å². The number of rotatable bonds is 9. The van der Waals surface area contributed by atoms with E-state index in [4.69, 9.17) is 5.26 Å². The SMILES string of the molecule is CCC/C=C/CCC1CCC(C2CCC(CCc3cc(F)c(C#N)c(F)c3)CC2)CC1. The van der Waals surface area contributed by atoms with Crippen LogP contribution in [0.25, 0.3) is 0 Å². The average molecular weight is 428 g/mol. The fraction of sp³-hybridized carbons (Fsp3) is 0.679. The zero-order chi connectivity index (χ0) is 22.1. The molecule has 0 unspecified atom stereocenters. The Bertz CT molecular complexity index is 724. The van der Waals surface area contributed by atoms with Crippen molar-refractivity contribution in [2.75, 3.05) is 0 Å². The van der Waals surface area contributed by atoms with E-state index in [0.29, 0.717) is 17.9 Å². The monoisotopic (exact) mass is 427 g/mol. The predicted molar refractivity (Wildman–Crippen MR) is 124 cm³/mol. The van der Waals surface area contributed by atoms with Crippen molar-refractivity contribution in [3.05, 3.63) is 47.0 Å². The minimum Gasteiger partial charge on any atom is -0.205 e. The largest absolute Gasteiger partial charge is 0.205 e. The van der Waals surface area contributed by atoms with Gasteiger partial charge in [0.1, 0.15) is 23.3 Å². The number of hydrogen-bond donors (Lipinski definition) is 0. The standard InChI is InChI=1S/C28H39F2N/c1-2-3-4-5-6-7-21-10-14-24(15-11-21)25-16-12-22(13-17-25)8-9-23-18-27(29)26(20-31)28(30)19-23/h4-5,18-19,21-22,24-25H,2-3,6-17H2,1H3/b5-4+. The van der Waals surface area contributed by atoms with Crippen molar-refractivity contribution in [2.45, 2.75) is 96.8 Å². The summed E-state index contributed by atoms with van der Waals surface area (Å²) in [5.41, 5.74) is 0.214. The minimum atomic E-state index is -0.728. The molecule has 3 heteroatoms. The molecule has 0 amide bonds. The Labute approximate surface area is 187 Å². The summed E-state index contributed by atoms with van der Waals surface area (Å²) in [6, 6.07) is 4.28. The first kappa shape index (κ1) is 24.0. The Morgan fingerprint density at radius 2 is 1.35 bits per heavy atom. The third-order valence-electron chi connectivity index (χ3n) is 7.87. The average Bonchev–Trinajstić information content (AvgIpc) is 2.78. The van der Waals surface area contributed by atoms with Crippen LogP contribution in [-0.4, -0.2) is 0 Å². The van der Waals surface area contributed by atoms with E-state index in [2.05, 4.69) is 19.1 Å². The smallest absolute Gasteiger partial charge is 0.144 e. The summed E-state index contributed by atoms with van der Waals surface area (Å²) >= 11 is 0. The van der Waals surface area contributed by atoms with Gasteiger partial charge in [0, 0.05) is 0 Å². The van der Waals surface area contributed by atoms with E-state index in [1.165, 1.54) is 89.2 Å². The number of nitriles is 1. The first-order valence-corrected chi connectivity index (χ1v) is 12.6. The number of nitrogens with zero attached hydrogens (tertiary/aromatic N) is 1. The van der Waals surface area contributed by atoms with Crippen LogP contribution < -0.4 is 0 Å². The highest BCUT2D eigenvalue weighted by Crippen LogP contribution is 2.43. The quantitative estimate of drug-likeness (QED) is 0.362. The van der Waals surface area contributed by atoms with Gasteiger partial charge in [-0.15, -0.1) is 0 Å². The molecule has 0 atom stereocenters. The molecular weight excluding hydrogens is 388 g/mol. The lowest BCUT2D eigenvalue weighted by Crippen LogP contribution is -2.26. The van der Waals surface area contributed by atoms with Crippen molar-refractivity contribution in [1.29, 1.82) is 5.26 Å². The van der Waals surface area contributed by atoms with Crippen molar-refractivity contribution < 1.29 is 8.78 Å². The molecule has 2 fully saturated rings. The molecule has 0 aromatic heterocycles. The third-order valence-corrected chi connectivity index (χ3v) is 7.87. The molecule has 31 heavy (non-hydrogen) atoms. The van der Waals surface area contributed by atoms with Gasteiger partial charge in [-0.1, -0.05) is 51.2 Å². The van der Waals surface area contributed by atoms with E-state index < -0.39 is 17.2 Å². The molecule has 170 valence electrons. The molecule has 3 rings (SSSR count). The second kappa shape index (κ2) is 12.4. The fourth-order valence-electron chi connectivity index (χ4n) is 5.88. The minimum absolute atomic E-state index is 0.466. The van der Waals surface area contributed by atoms with Crippen LogP contribution in [0, 0.1) is 46.6 Å². The number of allylic oxidation sites excluding steroid dienone is 2. The summed E-state index contributed by atoms with van der Waals surface area (Å²) < 4.78 is 27.6. The molecule has 1 aromatic rings. The number of unbranched alkanes of at least 4 members (excludes halogenated alkanes) is 1. The summed E-state index contributed by atoms with van der Waals surface area (Å²) in [4.78, 5) is 0. The lowest BCUT2D eigenvalue weighted by atomic mass is 9.68. The van der Waals surface area contributed by atoms with E-state index >= 15 is 0 Å². The van der Waals surface area contributed by atoms with E-state index in [0.717, 1.165) is 24.2 Å². The highest BCUT2D eigenvalue weighted by molar-refractivity contribution is 5.35. The molecule has 0 bridgehead atoms. The topological polar surface area (TPSA) is 23.8 Å². The molecule has 0 saturated heterocycles. The van der Waals surface area contributed by atoms with E-state index in [9.17, 15) is 8.78 Å². The first-order valence-electron chi connectivity index (χ1n) is 12.6. The Kier molecular flexibility index (Phi) is 9.56. The maximum absolute atomic E-state index is 13.8. The molecular formula is C28H39F2N. The normalized spacial score (nSPS) is 26.8. The van der Waals surface area contributed by atoms with Crippen molar-refractivity contribution in [3.8, 4) is 6.07 Å². The number of hydrogen-bond acceptors (Lipinski definition) is 1. The Morgan fingerprint density at radius 1 is 0.839 bits per heavy atom. The van der Waals surface area contributed by atoms with Crippen molar-refractivity contribution in [2.24, 2.45) is 23.7 Å². The van der Waals surface area contributed by atoms with E-state index in [1.54, 1.807) is 6.07 Å². The summed E-state index contributed by atoms with van der Waals surface area (Å²) in [6.45, 7) is 2.23. The Hall–Kier alpha value is -1.69. The van der Waals surface area contributed by atoms with Gasteiger partial charge in [0.2, 0.25) is 0 Å². The van der Waals surface area contributed by atoms with Gasteiger partial charge >= 0.3 is 0 Å². The van der Waals surface area contributed by atoms with E-state index in [-0.39, 0.29) is 0 Å². The Balaban J connectivity index is 1.34. The van der Waals surface area contributed by atoms with Crippen LogP contribution in [-0.2, 0) is 6.42 Å². The van der Waals surface area contributed by atoms with Crippen LogP contribution in [0.2, 0.25) is 0 Å². The highest BCUT2D eigenvalue weighted by atomic mass is 19.1. The van der Waals surface area contributed by atoms with Gasteiger partial charge in [-0.3, -0.25) is 0 Å². The van der Waals surface area contributed by atoms with Gasteiger partial charge in [0.15, 0.2) is 0 Å². The summed E-state index contributed by atoms with van der Waals surface area (Å²) in [7, 11) is 0. The number of benzene rings is 1. The van der Waals surface area contributed by atoms with Crippen molar-refractivity contribution in [1.82, 2.24) is 0 Å². The van der Waals surface area contributed by atoms with Crippen LogP contribution in [0.1, 0.15) is 102 Å². The summed E-state index contributed by atoms with van der Waals surface area (Å²) in [6.07, 6.45) is 22.4. The highest BCUT2D eigenvalue weighted by Gasteiger charge is 2.30. The zero-order valence-corrected chi connectivity index (χ0v) is 19.2. The lowest BCUT2D eigenvalue weighted by molar-refractivity contribution is 0.141. The van der Waals surface area contributed by atoms with Crippen LogP contribution in [0.5, 0.6) is 0 Å². The van der Waals surface area contributed by atoms with Crippen LogP contribution in [0.15, 0.2) is 24.3 Å². The molecule has 2 aliphatic carbocycles. The van der Waals surface area contributed by atoms with Gasteiger partial charge < -0.3 is 0 Å². The van der Waals surface area contributed by atoms with E-state index in [1.807, 2.05) is 0 Å². The zero-order valence-electron chi connectivity index (χ0n) is 19.2. The van der Waals surface area contributed by atoms with Gasteiger partial charge in [0.05, 0.1) is 0 Å². The van der Waals surface area contributed by atoms with Gasteiger partial charge in [0.25, 0.3) is 0 Å². The predicted octanol–water partition coefficient (Wildman–Crippen LogP) is 8.52. The summed E-state index contributed by atoms with van der Waals surface area (Å²) in [5.74, 6) is 1.97. The molecule has 1 nitrogen and oxygen atoms in total. The maximum atomic E-state index is 13.8. The summed E-state index contributed by atoms with van der Waals surface area (Å²) in [5, 5.41) is 8.80. The fourth-order valence-corrected chi connectivity index (χ4v) is 5.88. The molecule has 0 radical (unpaired) electrons. The number of halogens is 2. The molecule has 0 aliphatic heterocycles. The molecule has 0 heterocycles. The lowest BCUT2D eigenvalue weighted by Gasteiger charge is -2.38. The van der Waals surface area contributed by atoms with Crippen molar-refractivity contribution in [3.63, 3.8) is 0 Å². The van der Waals surface area contributed by atoms with Crippen LogP contribution >= 0.6 is 0 Å². The molecule has 0 N–H and O–H groups in total. The molecule has 1 aromatic carbocycles. The van der Waals surface area contributed by atoms with Crippen LogP contribution in [0.3, 0.4) is 0 Å². The van der Waals surface area contributed by atoms with Crippen molar-refractivity contribution >= 4 is 0 Å². The maximum Gasteiger partial charge on any atom is 0.144 e. The second-order valence-electron chi connectivity index (χ2n) is 9.98. The number of aryl methyl sites for hydroxylation is 1. The van der Waals surface area contributed by atoms with Crippen LogP contribution in [0.4, 0.5) is 8.78 Å². The first-order chi connectivity index (χ1) is 15.1. The Morgan fingerprint density at radius 3 is 1.87 bits per heavy atom.